The molecular weight excluding hydrogens is 291 g/mol. The molecule has 4 nitrogen and oxygen atoms in total. The molecule has 6 heteroatoms. The van der Waals surface area contributed by atoms with Gasteiger partial charge in [0, 0.05) is 4.48 Å². The molecule has 0 aromatic carbocycles. The molecule has 0 N–H and O–H groups in total. The summed E-state index contributed by atoms with van der Waals surface area (Å²) >= 11 is 9.29. The van der Waals surface area contributed by atoms with Crippen molar-refractivity contribution in [3.8, 4) is 12.4 Å². The maximum absolute atomic E-state index is 8.56. The Bertz CT molecular complexity index is 514. The van der Waals surface area contributed by atoms with Crippen LogP contribution < -0.4 is 0 Å². The topological polar surface area (TPSA) is 72.3 Å². The highest BCUT2D eigenvalue weighted by Crippen LogP contribution is 2.29. The Balaban J connectivity index is 3.41. The zero-order valence-electron chi connectivity index (χ0n) is 8.33. The van der Waals surface area contributed by atoms with Crippen LogP contribution in [-0.4, -0.2) is 11.4 Å². The van der Waals surface area contributed by atoms with Crippen LogP contribution in [0.3, 0.4) is 0 Å². The summed E-state index contributed by atoms with van der Waals surface area (Å²) in [5.41, 5.74) is 1.64. The van der Waals surface area contributed by atoms with Crippen LogP contribution in [0.25, 0.3) is 0 Å². The molecule has 0 aromatic rings. The SMILES string of the molecule is CCC1=C(Br)C(=NC#N)C=C(Cl)C1=NC#N. The van der Waals surface area contributed by atoms with Gasteiger partial charge >= 0.3 is 0 Å². The minimum atomic E-state index is 0.315. The summed E-state index contributed by atoms with van der Waals surface area (Å²) in [5, 5.41) is 17.4. The molecule has 1 rings (SSSR count). The molecule has 0 fully saturated rings. The molecule has 1 aliphatic carbocycles. The lowest BCUT2D eigenvalue weighted by Gasteiger charge is -2.15. The quantitative estimate of drug-likeness (QED) is 0.551. The van der Waals surface area contributed by atoms with Gasteiger partial charge in [-0.2, -0.15) is 20.5 Å². The largest absolute Gasteiger partial charge is 0.206 e. The molecular formula is C10H6BrClN4. The van der Waals surface area contributed by atoms with Crippen molar-refractivity contribution in [2.75, 3.05) is 0 Å². The highest BCUT2D eigenvalue weighted by molar-refractivity contribution is 9.12. The molecule has 0 aliphatic heterocycles. The van der Waals surface area contributed by atoms with Gasteiger partial charge in [0.1, 0.15) is 0 Å². The maximum atomic E-state index is 8.56. The molecule has 1 aliphatic rings. The predicted molar refractivity (Wildman–Crippen MR) is 66.3 cm³/mol. The smallest absolute Gasteiger partial charge is 0.173 e. The number of halogens is 2. The minimum Gasteiger partial charge on any atom is -0.173 e. The van der Waals surface area contributed by atoms with E-state index < -0.39 is 0 Å². The van der Waals surface area contributed by atoms with Crippen LogP contribution in [-0.2, 0) is 0 Å². The predicted octanol–water partition coefficient (Wildman–Crippen LogP) is 3.03. The second kappa shape index (κ2) is 5.60. The number of nitrogens with zero attached hydrogens (tertiary/aromatic N) is 4. The van der Waals surface area contributed by atoms with Crippen LogP contribution in [0.4, 0.5) is 0 Å². The zero-order valence-corrected chi connectivity index (χ0v) is 10.7. The summed E-state index contributed by atoms with van der Waals surface area (Å²) in [6.45, 7) is 1.91. The van der Waals surface area contributed by atoms with Gasteiger partial charge < -0.3 is 0 Å². The van der Waals surface area contributed by atoms with Gasteiger partial charge in [-0.05, 0) is 34.0 Å². The van der Waals surface area contributed by atoms with Crippen LogP contribution in [0.5, 0.6) is 0 Å². The number of rotatable bonds is 1. The molecule has 0 radical (unpaired) electrons. The first kappa shape index (κ1) is 12.6. The lowest BCUT2D eigenvalue weighted by Crippen LogP contribution is -2.14. The summed E-state index contributed by atoms with van der Waals surface area (Å²) in [4.78, 5) is 7.28. The van der Waals surface area contributed by atoms with Crippen molar-refractivity contribution in [1.82, 2.24) is 0 Å². The van der Waals surface area contributed by atoms with Gasteiger partial charge in [0.2, 0.25) is 12.4 Å². The van der Waals surface area contributed by atoms with Gasteiger partial charge in [-0.15, -0.1) is 0 Å². The molecule has 16 heavy (non-hydrogen) atoms. The fourth-order valence-corrected chi connectivity index (χ4v) is 2.21. The van der Waals surface area contributed by atoms with Crippen LogP contribution in [0.15, 0.2) is 31.1 Å². The van der Waals surface area contributed by atoms with Crippen molar-refractivity contribution in [2.45, 2.75) is 13.3 Å². The second-order valence-corrected chi connectivity index (χ2v) is 4.00. The van der Waals surface area contributed by atoms with Gasteiger partial charge in [0.05, 0.1) is 16.5 Å². The van der Waals surface area contributed by atoms with E-state index in [1.165, 1.54) is 6.08 Å². The number of allylic oxidation sites excluding steroid dienone is 4. The van der Waals surface area contributed by atoms with Crippen LogP contribution >= 0.6 is 27.5 Å². The van der Waals surface area contributed by atoms with Crippen molar-refractivity contribution in [1.29, 1.82) is 10.5 Å². The van der Waals surface area contributed by atoms with Crippen molar-refractivity contribution >= 4 is 39.0 Å². The molecule has 0 saturated heterocycles. The Kier molecular flexibility index (Phi) is 4.42. The lowest BCUT2D eigenvalue weighted by molar-refractivity contribution is 1.16. The van der Waals surface area contributed by atoms with Gasteiger partial charge in [-0.1, -0.05) is 18.5 Å². The Morgan fingerprint density at radius 3 is 2.50 bits per heavy atom. The number of hydrogen-bond acceptors (Lipinski definition) is 4. The Labute approximate surface area is 106 Å². The highest BCUT2D eigenvalue weighted by atomic mass is 79.9. The first-order valence-corrected chi connectivity index (χ1v) is 5.53. The monoisotopic (exact) mass is 296 g/mol. The molecule has 0 aromatic heterocycles. The first-order chi connectivity index (χ1) is 7.65. The summed E-state index contributed by atoms with van der Waals surface area (Å²) in [7, 11) is 0. The van der Waals surface area contributed by atoms with E-state index in [4.69, 9.17) is 22.1 Å². The number of hydrogen-bond donors (Lipinski definition) is 0. The van der Waals surface area contributed by atoms with Crippen LogP contribution in [0.1, 0.15) is 13.3 Å². The molecule has 0 spiro atoms. The number of aliphatic imine (C=N–C) groups is 2. The summed E-state index contributed by atoms with van der Waals surface area (Å²) in [6, 6.07) is 0. The van der Waals surface area contributed by atoms with E-state index in [-0.39, 0.29) is 0 Å². The third-order valence-electron chi connectivity index (χ3n) is 1.95. The van der Waals surface area contributed by atoms with Gasteiger partial charge in [-0.25, -0.2) is 0 Å². The molecule has 0 amide bonds. The lowest BCUT2D eigenvalue weighted by atomic mass is 10.00. The molecule has 0 saturated carbocycles. The third-order valence-corrected chi connectivity index (χ3v) is 3.12. The average Bonchev–Trinajstić information content (AvgIpc) is 2.26. The minimum absolute atomic E-state index is 0.315. The Morgan fingerprint density at radius 2 is 2.00 bits per heavy atom. The second-order valence-electron chi connectivity index (χ2n) is 2.80. The van der Waals surface area contributed by atoms with E-state index in [1.54, 1.807) is 12.4 Å². The summed E-state index contributed by atoms with van der Waals surface area (Å²) < 4.78 is 0.648. The first-order valence-electron chi connectivity index (χ1n) is 4.36. The maximum Gasteiger partial charge on any atom is 0.206 e. The van der Waals surface area contributed by atoms with Crippen molar-refractivity contribution in [2.24, 2.45) is 9.98 Å². The Morgan fingerprint density at radius 1 is 1.38 bits per heavy atom. The fraction of sp³-hybridized carbons (Fsp3) is 0.200. The fourth-order valence-electron chi connectivity index (χ4n) is 1.28. The number of nitriles is 2. The van der Waals surface area contributed by atoms with E-state index in [0.717, 1.165) is 5.57 Å². The van der Waals surface area contributed by atoms with Crippen molar-refractivity contribution < 1.29 is 0 Å². The molecule has 0 atom stereocenters. The Hall–Kier alpha value is -1.43. The molecule has 0 heterocycles. The van der Waals surface area contributed by atoms with E-state index in [1.807, 2.05) is 6.92 Å². The normalized spacial score (nSPS) is 20.7. The van der Waals surface area contributed by atoms with Crippen molar-refractivity contribution in [3.05, 3.63) is 21.2 Å². The summed E-state index contributed by atoms with van der Waals surface area (Å²) in [6.07, 6.45) is 5.54. The van der Waals surface area contributed by atoms with E-state index in [0.29, 0.717) is 27.4 Å². The van der Waals surface area contributed by atoms with Gasteiger partial charge in [0.15, 0.2) is 0 Å². The highest BCUT2D eigenvalue weighted by Gasteiger charge is 2.22. The van der Waals surface area contributed by atoms with Gasteiger partial charge in [-0.3, -0.25) is 0 Å². The molecule has 0 bridgehead atoms. The van der Waals surface area contributed by atoms with Crippen molar-refractivity contribution in [3.63, 3.8) is 0 Å². The van der Waals surface area contributed by atoms with E-state index >= 15 is 0 Å². The molecule has 80 valence electrons. The molecule has 0 unspecified atom stereocenters. The third kappa shape index (κ3) is 2.38. The van der Waals surface area contributed by atoms with Crippen LogP contribution in [0.2, 0.25) is 0 Å². The summed E-state index contributed by atoms with van der Waals surface area (Å²) in [5.74, 6) is 0. The van der Waals surface area contributed by atoms with E-state index in [9.17, 15) is 0 Å². The van der Waals surface area contributed by atoms with E-state index in [2.05, 4.69) is 25.9 Å². The van der Waals surface area contributed by atoms with Gasteiger partial charge in [0.25, 0.3) is 0 Å². The van der Waals surface area contributed by atoms with Crippen LogP contribution in [0, 0.1) is 22.9 Å². The standard InChI is InChI=1S/C10H6BrClN4/c1-2-6-9(11)8(15-4-13)3-7(12)10(6)16-5-14/h3H,2H2,1H3. The average molecular weight is 298 g/mol. The zero-order chi connectivity index (χ0) is 12.1.